The van der Waals surface area contributed by atoms with Gasteiger partial charge in [-0.15, -0.1) is 0 Å². The van der Waals surface area contributed by atoms with Crippen molar-refractivity contribution in [3.63, 3.8) is 0 Å². The molecular weight excluding hydrogens is 358 g/mol. The Morgan fingerprint density at radius 2 is 1.63 bits per heavy atom. The van der Waals surface area contributed by atoms with Crippen molar-refractivity contribution in [3.05, 3.63) is 89.7 Å². The van der Waals surface area contributed by atoms with Gasteiger partial charge in [0.05, 0.1) is 12.2 Å². The van der Waals surface area contributed by atoms with Crippen LogP contribution >= 0.6 is 0 Å². The van der Waals surface area contributed by atoms with E-state index in [2.05, 4.69) is 14.7 Å². The normalized spacial score (nSPS) is 14.5. The quantitative estimate of drug-likeness (QED) is 0.754. The predicted octanol–water partition coefficient (Wildman–Crippen LogP) is 3.69. The van der Waals surface area contributed by atoms with Gasteiger partial charge in [0.25, 0.3) is 10.0 Å². The van der Waals surface area contributed by atoms with E-state index in [4.69, 9.17) is 0 Å². The molecule has 0 bridgehead atoms. The topological polar surface area (TPSA) is 71.4 Å². The molecule has 1 aliphatic rings. The fourth-order valence-electron chi connectivity index (χ4n) is 3.17. The van der Waals surface area contributed by atoms with Crippen molar-refractivity contribution < 1.29 is 8.42 Å². The van der Waals surface area contributed by atoms with Crippen molar-refractivity contribution in [2.24, 2.45) is 4.99 Å². The van der Waals surface area contributed by atoms with Gasteiger partial charge in [0.1, 0.15) is 0 Å². The molecule has 1 unspecified atom stereocenters. The molecule has 1 N–H and O–H groups in total. The lowest BCUT2D eigenvalue weighted by atomic mass is 10.0. The molecule has 0 saturated carbocycles. The molecule has 0 radical (unpaired) electrons. The highest BCUT2D eigenvalue weighted by Crippen LogP contribution is 2.24. The maximum atomic E-state index is 12.8. The average Bonchev–Trinajstić information content (AvgIpc) is 3.14. The van der Waals surface area contributed by atoms with Gasteiger partial charge in [0.2, 0.25) is 0 Å². The highest BCUT2D eigenvalue weighted by molar-refractivity contribution is 8.05. The first-order chi connectivity index (χ1) is 13.0. The van der Waals surface area contributed by atoms with E-state index in [0.29, 0.717) is 17.8 Å². The molecule has 0 fully saturated rings. The van der Waals surface area contributed by atoms with E-state index in [0.717, 1.165) is 16.7 Å². The molecule has 1 aliphatic heterocycles. The van der Waals surface area contributed by atoms with Gasteiger partial charge in [0, 0.05) is 17.8 Å². The number of aliphatic imine (C=N–C) groups is 1. The van der Waals surface area contributed by atoms with Crippen LogP contribution in [0, 0.1) is 0 Å². The third-order valence-electron chi connectivity index (χ3n) is 4.60. The Kier molecular flexibility index (Phi) is 4.59. The summed E-state index contributed by atoms with van der Waals surface area (Å²) in [6.07, 6.45) is 1.65. The maximum absolute atomic E-state index is 12.8. The number of hydrogen-bond donors (Lipinski definition) is 1. The van der Waals surface area contributed by atoms with Gasteiger partial charge < -0.3 is 0 Å². The van der Waals surface area contributed by atoms with Crippen LogP contribution in [0.3, 0.4) is 0 Å². The van der Waals surface area contributed by atoms with Crippen LogP contribution in [0.2, 0.25) is 0 Å². The van der Waals surface area contributed by atoms with Crippen molar-refractivity contribution in [3.8, 4) is 11.1 Å². The Morgan fingerprint density at radius 1 is 0.926 bits per heavy atom. The predicted molar refractivity (Wildman–Crippen MR) is 107 cm³/mol. The van der Waals surface area contributed by atoms with Crippen LogP contribution in [0.5, 0.6) is 0 Å². The van der Waals surface area contributed by atoms with Gasteiger partial charge in [0.15, 0.2) is 5.04 Å². The summed E-state index contributed by atoms with van der Waals surface area (Å²) >= 11 is 0. The second kappa shape index (κ2) is 7.06. The molecule has 0 amide bonds. The van der Waals surface area contributed by atoms with Gasteiger partial charge in [-0.3, -0.25) is 9.98 Å². The lowest BCUT2D eigenvalue weighted by Crippen LogP contribution is -2.33. The zero-order chi connectivity index (χ0) is 18.9. The molecule has 6 heteroatoms. The van der Waals surface area contributed by atoms with Crippen molar-refractivity contribution in [1.29, 1.82) is 0 Å². The number of nitrogens with one attached hydrogen (secondary N) is 1. The van der Waals surface area contributed by atoms with Crippen molar-refractivity contribution >= 4 is 15.1 Å². The second-order valence-corrected chi connectivity index (χ2v) is 8.08. The van der Waals surface area contributed by atoms with Crippen LogP contribution in [0.4, 0.5) is 0 Å². The molecule has 0 aliphatic carbocycles. The summed E-state index contributed by atoms with van der Waals surface area (Å²) in [5, 5.41) is 0.0679. The van der Waals surface area contributed by atoms with Gasteiger partial charge in [-0.05, 0) is 35.7 Å². The Bertz CT molecular complexity index is 1090. The van der Waals surface area contributed by atoms with E-state index in [1.54, 1.807) is 18.3 Å². The average molecular weight is 377 g/mol. The highest BCUT2D eigenvalue weighted by atomic mass is 32.2. The smallest absolute Gasteiger partial charge is 0.258 e. The van der Waals surface area contributed by atoms with Crippen LogP contribution in [-0.2, 0) is 16.6 Å². The summed E-state index contributed by atoms with van der Waals surface area (Å²) in [6, 6.07) is 21.1. The Morgan fingerprint density at radius 3 is 2.37 bits per heavy atom. The fraction of sp³-hybridized carbons (Fsp3) is 0.143. The van der Waals surface area contributed by atoms with E-state index in [9.17, 15) is 8.42 Å². The number of hydrogen-bond acceptors (Lipinski definition) is 4. The number of benzene rings is 2. The molecule has 2 heterocycles. The third-order valence-corrected chi connectivity index (χ3v) is 6.12. The Hall–Kier alpha value is -2.83. The van der Waals surface area contributed by atoms with Crippen LogP contribution < -0.4 is 4.72 Å². The second-order valence-electron chi connectivity index (χ2n) is 6.45. The van der Waals surface area contributed by atoms with Gasteiger partial charge >= 0.3 is 0 Å². The standard InChI is InChI=1S/C21H19N3O2S/c1-15(16-9-11-18(12-10-16)17-6-3-2-4-7-17)24-27(25,26)21-19-8-5-13-22-20(19)14-23-21/h2-13,15,24H,14H2,1H3. The van der Waals surface area contributed by atoms with E-state index < -0.39 is 10.0 Å². The minimum Gasteiger partial charge on any atom is -0.265 e. The highest BCUT2D eigenvalue weighted by Gasteiger charge is 2.29. The minimum atomic E-state index is -3.72. The number of rotatable bonds is 4. The summed E-state index contributed by atoms with van der Waals surface area (Å²) in [5.74, 6) is 0. The number of sulfonamides is 1. The van der Waals surface area contributed by atoms with Crippen LogP contribution in [0.1, 0.15) is 29.8 Å². The molecule has 27 heavy (non-hydrogen) atoms. The largest absolute Gasteiger partial charge is 0.265 e. The lowest BCUT2D eigenvalue weighted by Gasteiger charge is -2.15. The first kappa shape index (κ1) is 17.6. The number of pyridine rings is 1. The molecule has 4 rings (SSSR count). The van der Waals surface area contributed by atoms with E-state index in [1.807, 2.05) is 61.5 Å². The van der Waals surface area contributed by atoms with Crippen LogP contribution in [0.25, 0.3) is 11.1 Å². The molecule has 5 nitrogen and oxygen atoms in total. The zero-order valence-electron chi connectivity index (χ0n) is 14.8. The van der Waals surface area contributed by atoms with E-state index >= 15 is 0 Å². The molecule has 2 aromatic carbocycles. The number of nitrogens with zero attached hydrogens (tertiary/aromatic N) is 2. The molecule has 136 valence electrons. The van der Waals surface area contributed by atoms with Gasteiger partial charge in [-0.25, -0.2) is 13.1 Å². The van der Waals surface area contributed by atoms with Gasteiger partial charge in [-0.1, -0.05) is 54.6 Å². The third kappa shape index (κ3) is 3.54. The molecule has 3 aromatic rings. The number of aromatic nitrogens is 1. The Balaban J connectivity index is 1.53. The Labute approximate surface area is 158 Å². The SMILES string of the molecule is CC(NS(=O)(=O)C1=NCc2ncccc21)c1ccc(-c2ccccc2)cc1. The first-order valence-corrected chi connectivity index (χ1v) is 10.2. The van der Waals surface area contributed by atoms with Crippen LogP contribution in [0.15, 0.2) is 77.9 Å². The molecular formula is C21H19N3O2S. The summed E-state index contributed by atoms with van der Waals surface area (Å²) < 4.78 is 28.3. The van der Waals surface area contributed by atoms with E-state index in [-0.39, 0.29) is 11.1 Å². The van der Waals surface area contributed by atoms with Crippen LogP contribution in [-0.4, -0.2) is 18.4 Å². The van der Waals surface area contributed by atoms with E-state index in [1.165, 1.54) is 0 Å². The fourth-order valence-corrected chi connectivity index (χ4v) is 4.59. The van der Waals surface area contributed by atoms with Gasteiger partial charge in [-0.2, -0.15) is 0 Å². The lowest BCUT2D eigenvalue weighted by molar-refractivity contribution is 0.579. The molecule has 1 atom stereocenters. The first-order valence-electron chi connectivity index (χ1n) is 8.71. The summed E-state index contributed by atoms with van der Waals surface area (Å²) in [7, 11) is -3.72. The molecule has 1 aromatic heterocycles. The van der Waals surface area contributed by atoms with Crippen molar-refractivity contribution in [1.82, 2.24) is 9.71 Å². The summed E-state index contributed by atoms with van der Waals surface area (Å²) in [4.78, 5) is 8.37. The minimum absolute atomic E-state index is 0.0679. The molecule has 0 saturated heterocycles. The summed E-state index contributed by atoms with van der Waals surface area (Å²) in [6.45, 7) is 2.13. The zero-order valence-corrected chi connectivity index (χ0v) is 15.6. The maximum Gasteiger partial charge on any atom is 0.258 e. The van der Waals surface area contributed by atoms with Crippen molar-refractivity contribution in [2.75, 3.05) is 0 Å². The number of fused-ring (bicyclic) bond motifs is 1. The molecule has 0 spiro atoms. The van der Waals surface area contributed by atoms with Crippen molar-refractivity contribution in [2.45, 2.75) is 19.5 Å². The monoisotopic (exact) mass is 377 g/mol. The summed E-state index contributed by atoms with van der Waals surface area (Å²) in [5.41, 5.74) is 4.38.